The maximum absolute atomic E-state index is 11.6. The molecule has 0 saturated carbocycles. The zero-order chi connectivity index (χ0) is 33.5. The summed E-state index contributed by atoms with van der Waals surface area (Å²) >= 11 is 0. The van der Waals surface area contributed by atoms with Crippen molar-refractivity contribution >= 4 is 23.9 Å². The van der Waals surface area contributed by atoms with E-state index in [0.717, 1.165) is 64.2 Å². The van der Waals surface area contributed by atoms with Crippen LogP contribution >= 0.6 is 0 Å². The van der Waals surface area contributed by atoms with Crippen LogP contribution < -0.4 is 5.32 Å². The second kappa shape index (κ2) is 29.6. The molecule has 0 bridgehead atoms. The third kappa shape index (κ3) is 27.0. The van der Waals surface area contributed by atoms with Gasteiger partial charge in [-0.2, -0.15) is 0 Å². The molecule has 1 aliphatic heterocycles. The molecule has 1 rings (SSSR count). The number of hydrogen-bond donors (Lipinski definition) is 5. The van der Waals surface area contributed by atoms with Crippen LogP contribution in [-0.4, -0.2) is 44.3 Å². The molecule has 0 fully saturated rings. The molecule has 9 heteroatoms. The standard InChI is InChI=1S/C30H54O8.C6H7N/c1-2-3-17-24(28(33)34)18-14-12-10-8-6-4-5-7-9-11-13-15-19-25(29(35)36)20-16-21-26(30(37)38)22-23-27(31)32;1-2-4-6-7-5-3-1/h24-26H,2-23H2,1H3,(H,31,32)(H,33,34)(H,35,36)(H,37,38);1-7H. The fourth-order valence-corrected chi connectivity index (χ4v) is 5.49. The van der Waals surface area contributed by atoms with Crippen molar-refractivity contribution in [1.82, 2.24) is 5.32 Å². The molecule has 9 nitrogen and oxygen atoms in total. The minimum absolute atomic E-state index is 0.0799. The van der Waals surface area contributed by atoms with Crippen LogP contribution in [0.4, 0.5) is 0 Å². The number of carboxylic acid groups (broad SMARTS) is 4. The summed E-state index contributed by atoms with van der Waals surface area (Å²) in [7, 11) is 0. The Bertz CT molecular complexity index is 868. The van der Waals surface area contributed by atoms with Crippen LogP contribution in [0.25, 0.3) is 0 Å². The summed E-state index contributed by atoms with van der Waals surface area (Å²) in [4.78, 5) is 44.8. The first-order valence-electron chi connectivity index (χ1n) is 17.3. The highest BCUT2D eigenvalue weighted by atomic mass is 16.4. The maximum Gasteiger partial charge on any atom is 0.306 e. The van der Waals surface area contributed by atoms with Gasteiger partial charge in [-0.05, 0) is 50.7 Å². The van der Waals surface area contributed by atoms with Gasteiger partial charge in [-0.3, -0.25) is 19.2 Å². The van der Waals surface area contributed by atoms with Gasteiger partial charge in [0, 0.05) is 18.8 Å². The predicted molar refractivity (Wildman–Crippen MR) is 179 cm³/mol. The Morgan fingerprint density at radius 2 is 0.800 bits per heavy atom. The molecule has 1 heterocycles. The lowest BCUT2D eigenvalue weighted by Gasteiger charge is -2.15. The van der Waals surface area contributed by atoms with Gasteiger partial charge in [-0.15, -0.1) is 0 Å². The number of unbranched alkanes of at least 4 members (excludes halogenated alkanes) is 12. The van der Waals surface area contributed by atoms with E-state index in [-0.39, 0.29) is 18.8 Å². The Hall–Kier alpha value is -3.10. The molecule has 0 spiro atoms. The normalized spacial score (nSPS) is 14.0. The molecule has 0 saturated heterocycles. The Labute approximate surface area is 271 Å². The predicted octanol–water partition coefficient (Wildman–Crippen LogP) is 8.95. The lowest BCUT2D eigenvalue weighted by molar-refractivity contribution is -0.144. The third-order valence-corrected chi connectivity index (χ3v) is 8.34. The molecule has 0 radical (unpaired) electrons. The van der Waals surface area contributed by atoms with E-state index in [0.29, 0.717) is 25.7 Å². The molecule has 3 atom stereocenters. The van der Waals surface area contributed by atoms with Gasteiger partial charge >= 0.3 is 23.9 Å². The van der Waals surface area contributed by atoms with Crippen LogP contribution in [0.3, 0.4) is 0 Å². The molecule has 258 valence electrons. The highest BCUT2D eigenvalue weighted by Gasteiger charge is 2.21. The average molecular weight is 636 g/mol. The summed E-state index contributed by atoms with van der Waals surface area (Å²) in [5.41, 5.74) is 0. The van der Waals surface area contributed by atoms with Crippen molar-refractivity contribution < 1.29 is 39.6 Å². The fourth-order valence-electron chi connectivity index (χ4n) is 5.49. The van der Waals surface area contributed by atoms with Crippen LogP contribution in [0.1, 0.15) is 148 Å². The van der Waals surface area contributed by atoms with Crippen molar-refractivity contribution in [3.8, 4) is 0 Å². The van der Waals surface area contributed by atoms with E-state index in [4.69, 9.17) is 5.11 Å². The first kappa shape index (κ1) is 41.9. The molecule has 0 aromatic heterocycles. The number of nitrogens with one attached hydrogen (secondary N) is 1. The first-order chi connectivity index (χ1) is 21.7. The highest BCUT2D eigenvalue weighted by Crippen LogP contribution is 2.23. The van der Waals surface area contributed by atoms with E-state index < -0.39 is 35.7 Å². The number of aliphatic carboxylic acids is 4. The van der Waals surface area contributed by atoms with Crippen LogP contribution in [-0.2, 0) is 19.2 Å². The molecular weight excluding hydrogens is 574 g/mol. The van der Waals surface area contributed by atoms with E-state index in [1.807, 2.05) is 36.7 Å². The van der Waals surface area contributed by atoms with E-state index in [1.165, 1.54) is 38.5 Å². The lowest BCUT2D eigenvalue weighted by Crippen LogP contribution is -2.17. The second-order valence-electron chi connectivity index (χ2n) is 12.2. The molecular formula is C36H61NO8. The van der Waals surface area contributed by atoms with Gasteiger partial charge in [0.1, 0.15) is 0 Å². The minimum atomic E-state index is -1.02. The maximum atomic E-state index is 11.6. The molecule has 0 aromatic carbocycles. The Morgan fingerprint density at radius 3 is 1.16 bits per heavy atom. The van der Waals surface area contributed by atoms with Crippen molar-refractivity contribution in [3.05, 3.63) is 36.7 Å². The van der Waals surface area contributed by atoms with Crippen LogP contribution in [0, 0.1) is 17.8 Å². The van der Waals surface area contributed by atoms with Gasteiger partial charge in [0.05, 0.1) is 17.8 Å². The Balaban J connectivity index is 0.00000241. The zero-order valence-corrected chi connectivity index (χ0v) is 27.7. The number of allylic oxidation sites excluding steroid dienone is 4. The summed E-state index contributed by atoms with van der Waals surface area (Å²) in [5.74, 6) is -4.86. The Kier molecular flexibility index (Phi) is 27.6. The summed E-state index contributed by atoms with van der Waals surface area (Å²) in [6.45, 7) is 2.09. The van der Waals surface area contributed by atoms with Crippen molar-refractivity contribution in [2.75, 3.05) is 0 Å². The van der Waals surface area contributed by atoms with Gasteiger partial charge in [0.2, 0.25) is 0 Å². The molecule has 1 aliphatic rings. The van der Waals surface area contributed by atoms with E-state index in [1.54, 1.807) is 0 Å². The number of hydrogen-bond acceptors (Lipinski definition) is 5. The van der Waals surface area contributed by atoms with Gasteiger partial charge in [-0.25, -0.2) is 0 Å². The van der Waals surface area contributed by atoms with Gasteiger partial charge in [-0.1, -0.05) is 115 Å². The van der Waals surface area contributed by atoms with Gasteiger partial charge in [0.25, 0.3) is 0 Å². The number of carboxylic acids is 4. The second-order valence-corrected chi connectivity index (χ2v) is 12.2. The van der Waals surface area contributed by atoms with Gasteiger partial charge < -0.3 is 25.7 Å². The minimum Gasteiger partial charge on any atom is -0.481 e. The SMILES string of the molecule is C1=CC=CNC=C1.CCCCC(CCCCCCCCCCCCCCC(CCCC(CCC(=O)O)C(=O)O)C(=O)O)C(=O)O. The van der Waals surface area contributed by atoms with E-state index in [2.05, 4.69) is 12.2 Å². The van der Waals surface area contributed by atoms with Crippen LogP contribution in [0.15, 0.2) is 36.7 Å². The van der Waals surface area contributed by atoms with Crippen molar-refractivity contribution in [1.29, 1.82) is 0 Å². The molecule has 0 amide bonds. The Morgan fingerprint density at radius 1 is 0.467 bits per heavy atom. The third-order valence-electron chi connectivity index (χ3n) is 8.34. The monoisotopic (exact) mass is 635 g/mol. The quantitative estimate of drug-likeness (QED) is 0.0528. The molecule has 0 aromatic rings. The van der Waals surface area contributed by atoms with E-state index >= 15 is 0 Å². The largest absolute Gasteiger partial charge is 0.481 e. The summed E-state index contributed by atoms with van der Waals surface area (Å²) < 4.78 is 0. The number of carbonyl (C=O) groups is 4. The lowest BCUT2D eigenvalue weighted by atomic mass is 9.91. The molecule has 0 aliphatic carbocycles. The van der Waals surface area contributed by atoms with Crippen LogP contribution in [0.5, 0.6) is 0 Å². The molecule has 45 heavy (non-hydrogen) atoms. The number of rotatable bonds is 28. The molecule has 3 unspecified atom stereocenters. The average Bonchev–Trinajstić information content (AvgIpc) is 3.32. The van der Waals surface area contributed by atoms with Crippen molar-refractivity contribution in [2.45, 2.75) is 148 Å². The topological polar surface area (TPSA) is 161 Å². The summed E-state index contributed by atoms with van der Waals surface area (Å²) in [5, 5.41) is 39.6. The van der Waals surface area contributed by atoms with Gasteiger partial charge in [0.15, 0.2) is 0 Å². The fraction of sp³-hybridized carbons (Fsp3) is 0.722. The zero-order valence-electron chi connectivity index (χ0n) is 27.7. The summed E-state index contributed by atoms with van der Waals surface area (Å²) in [6.07, 6.45) is 30.5. The first-order valence-corrected chi connectivity index (χ1v) is 17.3. The van der Waals surface area contributed by atoms with E-state index in [9.17, 15) is 34.5 Å². The highest BCUT2D eigenvalue weighted by molar-refractivity contribution is 5.72. The summed E-state index contributed by atoms with van der Waals surface area (Å²) in [6, 6.07) is 0. The van der Waals surface area contributed by atoms with Crippen LogP contribution in [0.2, 0.25) is 0 Å². The van der Waals surface area contributed by atoms with Crippen molar-refractivity contribution in [3.63, 3.8) is 0 Å². The smallest absolute Gasteiger partial charge is 0.306 e. The molecule has 5 N–H and O–H groups in total. The van der Waals surface area contributed by atoms with Crippen molar-refractivity contribution in [2.24, 2.45) is 17.8 Å².